The number of aromatic nitrogens is 7. The zero-order chi connectivity index (χ0) is 46.1. The van der Waals surface area contributed by atoms with E-state index in [4.69, 9.17) is 43.8 Å². The minimum atomic E-state index is -4.18. The van der Waals surface area contributed by atoms with E-state index in [1.54, 1.807) is 30.3 Å². The van der Waals surface area contributed by atoms with Crippen LogP contribution in [-0.2, 0) is 48.4 Å². The van der Waals surface area contributed by atoms with Crippen LogP contribution in [0.1, 0.15) is 50.0 Å². The van der Waals surface area contributed by atoms with Crippen molar-refractivity contribution in [2.45, 2.75) is 94.5 Å². The van der Waals surface area contributed by atoms with Gasteiger partial charge in [0.2, 0.25) is 0 Å². The topological polar surface area (TPSA) is 269 Å². The first-order valence-corrected chi connectivity index (χ1v) is 26.2. The minimum absolute atomic E-state index is 0.0398. The Morgan fingerprint density at radius 1 is 1.08 bits per heavy atom. The summed E-state index contributed by atoms with van der Waals surface area (Å²) in [4.78, 5) is 54.7. The van der Waals surface area contributed by atoms with Gasteiger partial charge in [0.05, 0.1) is 45.0 Å². The Morgan fingerprint density at radius 3 is 2.50 bits per heavy atom. The number of nitriles is 1. The van der Waals surface area contributed by atoms with Crippen LogP contribution in [-0.4, -0.2) is 115 Å². The number of nitrogens with one attached hydrogen (secondary N) is 2. The third-order valence-corrected chi connectivity index (χ3v) is 18.3. The third-order valence-electron chi connectivity index (χ3n) is 11.0. The Morgan fingerprint density at radius 2 is 1.81 bits per heavy atom. The number of aliphatic hydroxyl groups excluding tert-OH is 1. The highest BCUT2D eigenvalue weighted by atomic mass is 32.5. The Bertz CT molecular complexity index is 2670. The standard InChI is InChI=1S/C37H43F2N9O12P2SSi/c1-37(2,3)64(4,5)60-28-23(57-36(29(28)58-61(52)53)47-14-21(38)24-31(47)42-18-44-34(24)51)16-55-62(63,54-13-9-12-40)59-27-22(15-49)56-35(25(27)39)48-19-45-26-30(41-17-43-32(26)48)46-33(50)20-10-7-6-8-11-20/h6-8,10-11,14,17-19,22-23,25,27-29,35-36,49H,9,13,15-16H2,1-5H3,(H2-,41,42,43,44,46,50,51,52,53)/p+1/t22-,23+,25-,27-,28-,29-,35+,36-,62?/m1/s1. The third kappa shape index (κ3) is 9.75. The van der Waals surface area contributed by atoms with Gasteiger partial charge in [0.15, 0.2) is 61.5 Å². The van der Waals surface area contributed by atoms with Crippen LogP contribution in [0.4, 0.5) is 14.6 Å². The molecule has 7 rings (SSSR count). The van der Waals surface area contributed by atoms with Crippen LogP contribution in [0.5, 0.6) is 0 Å². The molecule has 4 N–H and O–H groups in total. The highest BCUT2D eigenvalue weighted by molar-refractivity contribution is 8.07. The van der Waals surface area contributed by atoms with Crippen LogP contribution >= 0.6 is 15.0 Å². The Labute approximate surface area is 370 Å². The van der Waals surface area contributed by atoms with Crippen molar-refractivity contribution < 1.29 is 60.1 Å². The number of hydrogen-bond acceptors (Lipinski definition) is 17. The van der Waals surface area contributed by atoms with Crippen molar-refractivity contribution in [3.63, 3.8) is 0 Å². The molecule has 2 aliphatic rings. The number of anilines is 1. The average Bonchev–Trinajstić information content (AvgIpc) is 4.00. The molecular formula is C37H44F2N9O12P2SSi+. The molecule has 21 nitrogen and oxygen atoms in total. The summed E-state index contributed by atoms with van der Waals surface area (Å²) in [6, 6.07) is 10.3. The molecule has 2 aliphatic heterocycles. The maximum absolute atomic E-state index is 16.8. The highest BCUT2D eigenvalue weighted by Crippen LogP contribution is 2.55. The molecule has 4 aromatic heterocycles. The van der Waals surface area contributed by atoms with Crippen molar-refractivity contribution in [1.29, 1.82) is 5.26 Å². The number of rotatable bonds is 17. The predicted octanol–water partition coefficient (Wildman–Crippen LogP) is 5.06. The number of benzene rings is 1. The first-order valence-electron chi connectivity index (χ1n) is 19.6. The minimum Gasteiger partial charge on any atom is -0.408 e. The number of ether oxygens (including phenoxy) is 2. The van der Waals surface area contributed by atoms with Gasteiger partial charge in [0, 0.05) is 16.3 Å². The van der Waals surface area contributed by atoms with Gasteiger partial charge in [-0.1, -0.05) is 39.0 Å². The summed E-state index contributed by atoms with van der Waals surface area (Å²) in [5.74, 6) is -1.40. The molecule has 1 amide bonds. The number of aliphatic hydroxyl groups is 1. The van der Waals surface area contributed by atoms with Crippen molar-refractivity contribution in [3.05, 3.63) is 77.2 Å². The number of H-pyrrole nitrogens is 1. The number of aromatic amines is 1. The zero-order valence-electron chi connectivity index (χ0n) is 34.8. The largest absolute Gasteiger partial charge is 0.695 e. The first kappa shape index (κ1) is 47.6. The maximum atomic E-state index is 16.8. The summed E-state index contributed by atoms with van der Waals surface area (Å²) < 4.78 is 89.7. The van der Waals surface area contributed by atoms with E-state index in [1.807, 2.05) is 39.9 Å². The number of fused-ring (bicyclic) bond motifs is 2. The van der Waals surface area contributed by atoms with Gasteiger partial charge in [-0.15, -0.1) is 9.42 Å². The molecule has 2 saturated heterocycles. The van der Waals surface area contributed by atoms with Crippen molar-refractivity contribution in [3.8, 4) is 6.07 Å². The van der Waals surface area contributed by atoms with E-state index in [1.165, 1.54) is 10.9 Å². The fraction of sp³-hybridized carbons (Fsp3) is 0.486. The van der Waals surface area contributed by atoms with E-state index >= 15 is 8.78 Å². The molecule has 342 valence electrons. The normalized spacial score (nSPS) is 25.1. The number of hydrogen-bond donors (Lipinski definition) is 4. The molecule has 0 bridgehead atoms. The molecule has 0 spiro atoms. The number of imidazole rings is 1. The zero-order valence-corrected chi connectivity index (χ0v) is 38.4. The van der Waals surface area contributed by atoms with Crippen molar-refractivity contribution >= 4 is 69.0 Å². The highest BCUT2D eigenvalue weighted by Gasteiger charge is 2.56. The number of nitrogens with zero attached hydrogens (tertiary/aromatic N) is 7. The van der Waals surface area contributed by atoms with Crippen molar-refractivity contribution in [2.75, 3.05) is 25.1 Å². The number of alkyl halides is 1. The van der Waals surface area contributed by atoms with E-state index in [9.17, 15) is 29.4 Å². The number of halogens is 2. The quantitative estimate of drug-likeness (QED) is 0.0538. The average molecular weight is 967 g/mol. The molecule has 2 fully saturated rings. The molecule has 2 unspecified atom stereocenters. The lowest BCUT2D eigenvalue weighted by Crippen LogP contribution is -2.50. The first-order chi connectivity index (χ1) is 30.4. The van der Waals surface area contributed by atoms with Gasteiger partial charge in [-0.3, -0.25) is 23.2 Å². The molecular weight excluding hydrogens is 923 g/mol. The van der Waals surface area contributed by atoms with E-state index < -0.39 is 113 Å². The van der Waals surface area contributed by atoms with Crippen LogP contribution in [0.15, 0.2) is 60.3 Å². The fourth-order valence-corrected chi connectivity index (χ4v) is 10.7. The number of amides is 1. The SMILES string of the molecule is CC(C)(C)[Si](C)(C)O[C@H]1[C@@H](O[P+](=O)O)[C@H](n2cc(F)c3c(=O)[nH]cnc32)O[C@H]1COP(=S)(OCCC#N)O[C@H]1[C@@H](F)[C@@H](n2cnc3c(NC(=O)c4ccccc4)ncnc32)O[C@@H]1CO. The molecule has 27 heteroatoms. The van der Waals surface area contributed by atoms with Crippen LogP contribution in [0.3, 0.4) is 0 Å². The molecule has 64 heavy (non-hydrogen) atoms. The second-order valence-electron chi connectivity index (χ2n) is 16.1. The van der Waals surface area contributed by atoms with Gasteiger partial charge in [-0.2, -0.15) is 5.26 Å². The van der Waals surface area contributed by atoms with Gasteiger partial charge in [-0.25, -0.2) is 28.7 Å². The van der Waals surface area contributed by atoms with Crippen LogP contribution in [0, 0.1) is 17.1 Å². The van der Waals surface area contributed by atoms with Gasteiger partial charge >= 0.3 is 15.0 Å². The lowest BCUT2D eigenvalue weighted by atomic mass is 10.1. The van der Waals surface area contributed by atoms with Gasteiger partial charge in [0.1, 0.15) is 36.1 Å². The number of carbonyl (C=O) groups excluding carboxylic acids is 1. The summed E-state index contributed by atoms with van der Waals surface area (Å²) in [7, 11) is -6.15. The van der Waals surface area contributed by atoms with Gasteiger partial charge in [0.25, 0.3) is 11.5 Å². The fourth-order valence-electron chi connectivity index (χ4n) is 6.89. The second-order valence-corrected chi connectivity index (χ2v) is 24.5. The summed E-state index contributed by atoms with van der Waals surface area (Å²) >= 11 is 5.81. The summed E-state index contributed by atoms with van der Waals surface area (Å²) in [5.41, 5.74) is -0.425. The van der Waals surface area contributed by atoms with Crippen LogP contribution in [0.2, 0.25) is 18.1 Å². The Hall–Kier alpha value is -4.38. The molecule has 1 aromatic carbocycles. The molecule has 0 aliphatic carbocycles. The van der Waals surface area contributed by atoms with Crippen LogP contribution < -0.4 is 10.9 Å². The molecule has 10 atom stereocenters. The maximum Gasteiger partial charge on any atom is 0.695 e. The van der Waals surface area contributed by atoms with E-state index in [-0.39, 0.29) is 35.7 Å². The van der Waals surface area contributed by atoms with Gasteiger partial charge < -0.3 is 38.4 Å². The Kier molecular flexibility index (Phi) is 14.3. The Balaban J connectivity index is 1.18. The predicted molar refractivity (Wildman–Crippen MR) is 228 cm³/mol. The van der Waals surface area contributed by atoms with Crippen molar-refractivity contribution in [1.82, 2.24) is 34.1 Å². The lowest BCUT2D eigenvalue weighted by Gasteiger charge is -2.40. The molecule has 6 heterocycles. The van der Waals surface area contributed by atoms with E-state index in [0.29, 0.717) is 5.56 Å². The molecule has 0 saturated carbocycles. The molecule has 5 aromatic rings. The monoisotopic (exact) mass is 966 g/mol. The van der Waals surface area contributed by atoms with Crippen LogP contribution in [0.25, 0.3) is 22.2 Å². The molecule has 0 radical (unpaired) electrons. The van der Waals surface area contributed by atoms with Gasteiger partial charge in [-0.05, 0) is 42.1 Å². The van der Waals surface area contributed by atoms with E-state index in [2.05, 4.69) is 30.2 Å². The van der Waals surface area contributed by atoms with Crippen molar-refractivity contribution in [2.24, 2.45) is 0 Å². The summed E-state index contributed by atoms with van der Waals surface area (Å²) in [5, 5.41) is 21.6. The van der Waals surface area contributed by atoms with E-state index in [0.717, 1.165) is 23.4 Å². The number of carbonyl (C=O) groups is 1. The second kappa shape index (κ2) is 19.2. The summed E-state index contributed by atoms with van der Waals surface area (Å²) in [6.07, 6.45) is -7.79. The smallest absolute Gasteiger partial charge is 0.408 e. The lowest BCUT2D eigenvalue weighted by molar-refractivity contribution is -0.0544. The summed E-state index contributed by atoms with van der Waals surface area (Å²) in [6.45, 7) is 3.84.